The summed E-state index contributed by atoms with van der Waals surface area (Å²) in [5.41, 5.74) is 1.15. The number of aromatic nitrogens is 1. The molecular formula is C18H28N4O2. The van der Waals surface area contributed by atoms with Crippen molar-refractivity contribution in [2.75, 3.05) is 32.7 Å². The molecule has 132 valence electrons. The number of carbonyl (C=O) groups excluding carboxylic acids is 2. The first-order valence-electron chi connectivity index (χ1n) is 8.86. The normalized spacial score (nSPS) is 17.4. The lowest BCUT2D eigenvalue weighted by atomic mass is 9.96. The molecule has 0 spiro atoms. The van der Waals surface area contributed by atoms with Gasteiger partial charge in [-0.15, -0.1) is 0 Å². The lowest BCUT2D eigenvalue weighted by Gasteiger charge is -2.34. The SMILES string of the molecule is CCN(CC)C(=O)[C@H]1CCCN(C(=O)NCCc2ccncc2)C1. The summed E-state index contributed by atoms with van der Waals surface area (Å²) >= 11 is 0. The molecule has 1 N–H and O–H groups in total. The van der Waals surface area contributed by atoms with E-state index in [-0.39, 0.29) is 17.9 Å². The van der Waals surface area contributed by atoms with Crippen molar-refractivity contribution in [3.8, 4) is 0 Å². The number of likely N-dealkylation sites (tertiary alicyclic amines) is 1. The highest BCUT2D eigenvalue weighted by Crippen LogP contribution is 2.19. The van der Waals surface area contributed by atoms with Crippen molar-refractivity contribution in [2.24, 2.45) is 5.92 Å². The third kappa shape index (κ3) is 4.94. The molecule has 1 fully saturated rings. The molecule has 1 aliphatic heterocycles. The first-order chi connectivity index (χ1) is 11.7. The fourth-order valence-electron chi connectivity index (χ4n) is 3.13. The van der Waals surface area contributed by atoms with Gasteiger partial charge in [-0.1, -0.05) is 0 Å². The smallest absolute Gasteiger partial charge is 0.317 e. The summed E-state index contributed by atoms with van der Waals surface area (Å²) in [6.45, 7) is 7.28. The van der Waals surface area contributed by atoms with Crippen molar-refractivity contribution in [3.05, 3.63) is 30.1 Å². The molecule has 0 saturated carbocycles. The van der Waals surface area contributed by atoms with Gasteiger partial charge in [-0.2, -0.15) is 0 Å². The maximum absolute atomic E-state index is 12.5. The van der Waals surface area contributed by atoms with E-state index >= 15 is 0 Å². The van der Waals surface area contributed by atoms with E-state index in [9.17, 15) is 9.59 Å². The summed E-state index contributed by atoms with van der Waals surface area (Å²) in [6.07, 6.45) is 6.05. The van der Waals surface area contributed by atoms with Gasteiger partial charge in [0.25, 0.3) is 0 Å². The molecule has 0 bridgehead atoms. The molecule has 6 nitrogen and oxygen atoms in total. The van der Waals surface area contributed by atoms with E-state index in [0.717, 1.165) is 44.5 Å². The van der Waals surface area contributed by atoms with Gasteiger partial charge in [0.2, 0.25) is 5.91 Å². The van der Waals surface area contributed by atoms with Crippen LogP contribution in [0.25, 0.3) is 0 Å². The number of carbonyl (C=O) groups is 2. The number of hydrogen-bond donors (Lipinski definition) is 1. The molecule has 1 saturated heterocycles. The average molecular weight is 332 g/mol. The number of amides is 3. The number of rotatable bonds is 6. The topological polar surface area (TPSA) is 65.5 Å². The highest BCUT2D eigenvalue weighted by Gasteiger charge is 2.30. The summed E-state index contributed by atoms with van der Waals surface area (Å²) in [6, 6.07) is 3.83. The number of urea groups is 1. The summed E-state index contributed by atoms with van der Waals surface area (Å²) < 4.78 is 0. The van der Waals surface area contributed by atoms with Crippen molar-refractivity contribution in [1.29, 1.82) is 0 Å². The lowest BCUT2D eigenvalue weighted by molar-refractivity contribution is -0.136. The Morgan fingerprint density at radius 2 is 2.00 bits per heavy atom. The van der Waals surface area contributed by atoms with E-state index in [1.807, 2.05) is 30.9 Å². The lowest BCUT2D eigenvalue weighted by Crippen LogP contribution is -2.49. The Hall–Kier alpha value is -2.11. The van der Waals surface area contributed by atoms with Gasteiger partial charge >= 0.3 is 6.03 Å². The van der Waals surface area contributed by atoms with Crippen molar-refractivity contribution < 1.29 is 9.59 Å². The second-order valence-electron chi connectivity index (χ2n) is 6.13. The molecular weight excluding hydrogens is 304 g/mol. The van der Waals surface area contributed by atoms with Crippen molar-refractivity contribution in [2.45, 2.75) is 33.1 Å². The molecule has 0 radical (unpaired) electrons. The number of pyridine rings is 1. The number of nitrogens with one attached hydrogen (secondary N) is 1. The van der Waals surface area contributed by atoms with Gasteiger partial charge in [0.1, 0.15) is 0 Å². The van der Waals surface area contributed by atoms with Crippen LogP contribution in [0.5, 0.6) is 0 Å². The zero-order valence-electron chi connectivity index (χ0n) is 14.7. The standard InChI is InChI=1S/C18H28N4O2/c1-3-21(4-2)17(23)16-6-5-13-22(14-16)18(24)20-12-9-15-7-10-19-11-8-15/h7-8,10-11,16H,3-6,9,12-14H2,1-2H3,(H,20,24)/t16-/m0/s1. The molecule has 0 unspecified atom stereocenters. The van der Waals surface area contributed by atoms with E-state index in [0.29, 0.717) is 13.1 Å². The zero-order valence-corrected chi connectivity index (χ0v) is 14.7. The zero-order chi connectivity index (χ0) is 17.4. The van der Waals surface area contributed by atoms with Crippen LogP contribution in [0, 0.1) is 5.92 Å². The van der Waals surface area contributed by atoms with Gasteiger partial charge < -0.3 is 15.1 Å². The Bertz CT molecular complexity index is 531. The Labute approximate surface area is 144 Å². The minimum absolute atomic E-state index is 0.0652. The maximum Gasteiger partial charge on any atom is 0.317 e. The van der Waals surface area contributed by atoms with Crippen LogP contribution in [0.4, 0.5) is 4.79 Å². The van der Waals surface area contributed by atoms with Gasteiger partial charge in [0.05, 0.1) is 5.92 Å². The first-order valence-corrected chi connectivity index (χ1v) is 8.86. The number of piperidine rings is 1. The minimum atomic E-state index is -0.0684. The van der Waals surface area contributed by atoms with E-state index < -0.39 is 0 Å². The molecule has 1 aromatic heterocycles. The van der Waals surface area contributed by atoms with Gasteiger partial charge in [0.15, 0.2) is 0 Å². The number of hydrogen-bond acceptors (Lipinski definition) is 3. The molecule has 2 rings (SSSR count). The van der Waals surface area contributed by atoms with E-state index in [2.05, 4.69) is 10.3 Å². The molecule has 0 aromatic carbocycles. The first kappa shape index (κ1) is 18.2. The summed E-state index contributed by atoms with van der Waals surface area (Å²) in [5, 5.41) is 2.96. The molecule has 24 heavy (non-hydrogen) atoms. The van der Waals surface area contributed by atoms with E-state index in [4.69, 9.17) is 0 Å². The minimum Gasteiger partial charge on any atom is -0.343 e. The monoisotopic (exact) mass is 332 g/mol. The molecule has 1 atom stereocenters. The van der Waals surface area contributed by atoms with Crippen LogP contribution >= 0.6 is 0 Å². The Morgan fingerprint density at radius 1 is 1.29 bits per heavy atom. The fourth-order valence-corrected chi connectivity index (χ4v) is 3.13. The second-order valence-corrected chi connectivity index (χ2v) is 6.13. The second kappa shape index (κ2) is 9.25. The van der Waals surface area contributed by atoms with Crippen LogP contribution < -0.4 is 5.32 Å². The largest absolute Gasteiger partial charge is 0.343 e. The molecule has 2 heterocycles. The van der Waals surface area contributed by atoms with Crippen LogP contribution in [0.2, 0.25) is 0 Å². The quantitative estimate of drug-likeness (QED) is 0.865. The van der Waals surface area contributed by atoms with E-state index in [1.54, 1.807) is 17.3 Å². The Balaban J connectivity index is 1.80. The molecule has 1 aliphatic rings. The third-order valence-corrected chi connectivity index (χ3v) is 4.57. The van der Waals surface area contributed by atoms with Crippen LogP contribution in [-0.4, -0.2) is 59.4 Å². The van der Waals surface area contributed by atoms with Gasteiger partial charge in [-0.3, -0.25) is 9.78 Å². The van der Waals surface area contributed by atoms with Crippen LogP contribution in [0.3, 0.4) is 0 Å². The predicted molar refractivity (Wildman–Crippen MR) is 93.6 cm³/mol. The van der Waals surface area contributed by atoms with Crippen molar-refractivity contribution in [1.82, 2.24) is 20.1 Å². The summed E-state index contributed by atoms with van der Waals surface area (Å²) in [7, 11) is 0. The highest BCUT2D eigenvalue weighted by molar-refractivity contribution is 5.81. The van der Waals surface area contributed by atoms with Gasteiger partial charge in [-0.25, -0.2) is 4.79 Å². The van der Waals surface area contributed by atoms with Crippen molar-refractivity contribution >= 4 is 11.9 Å². The fraction of sp³-hybridized carbons (Fsp3) is 0.611. The van der Waals surface area contributed by atoms with Gasteiger partial charge in [0, 0.05) is 45.1 Å². The Morgan fingerprint density at radius 3 is 2.67 bits per heavy atom. The van der Waals surface area contributed by atoms with E-state index in [1.165, 1.54) is 0 Å². The van der Waals surface area contributed by atoms with Crippen LogP contribution in [-0.2, 0) is 11.2 Å². The molecule has 3 amide bonds. The highest BCUT2D eigenvalue weighted by atomic mass is 16.2. The molecule has 0 aliphatic carbocycles. The summed E-state index contributed by atoms with van der Waals surface area (Å²) in [5.74, 6) is 0.110. The average Bonchev–Trinajstić information content (AvgIpc) is 2.63. The predicted octanol–water partition coefficient (Wildman–Crippen LogP) is 1.91. The third-order valence-electron chi connectivity index (χ3n) is 4.57. The van der Waals surface area contributed by atoms with Crippen molar-refractivity contribution in [3.63, 3.8) is 0 Å². The molecule has 1 aromatic rings. The molecule has 6 heteroatoms. The number of nitrogens with zero attached hydrogens (tertiary/aromatic N) is 3. The van der Waals surface area contributed by atoms with Crippen LogP contribution in [0.1, 0.15) is 32.3 Å². The maximum atomic E-state index is 12.5. The Kier molecular flexibility index (Phi) is 7.03. The summed E-state index contributed by atoms with van der Waals surface area (Å²) in [4.78, 5) is 32.5. The van der Waals surface area contributed by atoms with Crippen LogP contribution in [0.15, 0.2) is 24.5 Å². The van der Waals surface area contributed by atoms with Gasteiger partial charge in [-0.05, 0) is 50.8 Å².